The quantitative estimate of drug-likeness (QED) is 0.687. The molecular formula is C11H9N2O2. The number of carbonyl (C=O) groups is 2. The first kappa shape index (κ1) is 8.47. The van der Waals surface area contributed by atoms with E-state index in [1.807, 2.05) is 18.2 Å². The fourth-order valence-corrected chi connectivity index (χ4v) is 2.28. The average molecular weight is 201 g/mol. The molecule has 2 amide bonds. The molecule has 2 aliphatic rings. The third kappa shape index (κ3) is 0.862. The van der Waals surface area contributed by atoms with Crippen molar-refractivity contribution >= 4 is 17.5 Å². The van der Waals surface area contributed by atoms with Crippen molar-refractivity contribution < 1.29 is 9.59 Å². The van der Waals surface area contributed by atoms with E-state index in [2.05, 4.69) is 5.32 Å². The van der Waals surface area contributed by atoms with Gasteiger partial charge >= 0.3 is 0 Å². The molecule has 1 atom stereocenters. The summed E-state index contributed by atoms with van der Waals surface area (Å²) in [7, 11) is 0. The van der Waals surface area contributed by atoms with Crippen molar-refractivity contribution in [3.8, 4) is 0 Å². The Kier molecular flexibility index (Phi) is 1.35. The van der Waals surface area contributed by atoms with Gasteiger partial charge in [-0.25, -0.2) is 0 Å². The summed E-state index contributed by atoms with van der Waals surface area (Å²) < 4.78 is 0. The van der Waals surface area contributed by atoms with Crippen LogP contribution in [0.25, 0.3) is 0 Å². The molecule has 1 fully saturated rings. The maximum atomic E-state index is 11.6. The van der Waals surface area contributed by atoms with Crippen LogP contribution in [-0.2, 0) is 15.0 Å². The Balaban J connectivity index is 2.23. The Morgan fingerprint density at radius 3 is 2.87 bits per heavy atom. The van der Waals surface area contributed by atoms with Crippen LogP contribution >= 0.6 is 0 Å². The normalized spacial score (nSPS) is 27.6. The molecule has 4 nitrogen and oxygen atoms in total. The zero-order chi connectivity index (χ0) is 10.6. The van der Waals surface area contributed by atoms with Crippen LogP contribution in [0.4, 0.5) is 5.69 Å². The number of hydrogen-bond donors (Lipinski definition) is 2. The number of primary amides is 1. The second-order valence-corrected chi connectivity index (χ2v) is 3.92. The molecule has 1 heterocycles. The number of hydrogen-bond acceptors (Lipinski definition) is 2. The molecular weight excluding hydrogens is 192 g/mol. The summed E-state index contributed by atoms with van der Waals surface area (Å²) >= 11 is 0. The minimum atomic E-state index is -0.807. The van der Waals surface area contributed by atoms with Crippen molar-refractivity contribution in [1.29, 1.82) is 0 Å². The lowest BCUT2D eigenvalue weighted by molar-refractivity contribution is -0.122. The summed E-state index contributed by atoms with van der Waals surface area (Å²) in [5, 5.41) is 2.75. The van der Waals surface area contributed by atoms with E-state index >= 15 is 0 Å². The van der Waals surface area contributed by atoms with Gasteiger partial charge in [0.05, 0.1) is 11.3 Å². The van der Waals surface area contributed by atoms with Crippen molar-refractivity contribution in [2.45, 2.75) is 11.8 Å². The highest BCUT2D eigenvalue weighted by atomic mass is 16.2. The number of fused-ring (bicyclic) bond motifs is 3. The Morgan fingerprint density at radius 2 is 2.13 bits per heavy atom. The highest BCUT2D eigenvalue weighted by molar-refractivity contribution is 6.18. The molecule has 1 aromatic rings. The van der Waals surface area contributed by atoms with Crippen LogP contribution in [0.5, 0.6) is 0 Å². The molecule has 4 heteroatoms. The van der Waals surface area contributed by atoms with Crippen LogP contribution in [0.1, 0.15) is 12.0 Å². The number of nitrogens with one attached hydrogen (secondary N) is 1. The Morgan fingerprint density at radius 1 is 1.40 bits per heavy atom. The number of rotatable bonds is 1. The van der Waals surface area contributed by atoms with Crippen LogP contribution in [0.3, 0.4) is 0 Å². The fraction of sp³-hybridized carbons (Fsp3) is 0.182. The summed E-state index contributed by atoms with van der Waals surface area (Å²) in [5.41, 5.74) is 6.10. The summed E-state index contributed by atoms with van der Waals surface area (Å²) in [6.45, 7) is 0. The standard InChI is InChI=1S/C11H9N2O2/c12-10(15)11-5-7(11)9(14)13-8-4-2-1-3-6(8)11/h1-4H,5H2,(H2,12,15)(H,13,14). The molecule has 75 valence electrons. The predicted molar refractivity (Wildman–Crippen MR) is 53.8 cm³/mol. The van der Waals surface area contributed by atoms with Crippen molar-refractivity contribution in [3.63, 3.8) is 0 Å². The van der Waals surface area contributed by atoms with Gasteiger partial charge in [0, 0.05) is 5.69 Å². The Bertz CT molecular complexity index is 483. The molecule has 1 saturated carbocycles. The second-order valence-electron chi connectivity index (χ2n) is 3.92. The summed E-state index contributed by atoms with van der Waals surface area (Å²) in [5.74, 6) is -0.0130. The first-order valence-electron chi connectivity index (χ1n) is 4.73. The lowest BCUT2D eigenvalue weighted by Crippen LogP contribution is -2.36. The third-order valence-electron chi connectivity index (χ3n) is 3.16. The number of amides is 2. The van der Waals surface area contributed by atoms with Crippen LogP contribution in [0.2, 0.25) is 0 Å². The highest BCUT2D eigenvalue weighted by Gasteiger charge is 2.67. The van der Waals surface area contributed by atoms with Crippen molar-refractivity contribution in [1.82, 2.24) is 0 Å². The zero-order valence-electron chi connectivity index (χ0n) is 7.91. The van der Waals surface area contributed by atoms with E-state index in [-0.39, 0.29) is 5.91 Å². The lowest BCUT2D eigenvalue weighted by atomic mass is 9.88. The van der Waals surface area contributed by atoms with Crippen LogP contribution in [0, 0.1) is 5.92 Å². The third-order valence-corrected chi connectivity index (χ3v) is 3.16. The van der Waals surface area contributed by atoms with Gasteiger partial charge in [-0.1, -0.05) is 18.2 Å². The van der Waals surface area contributed by atoms with E-state index < -0.39 is 11.3 Å². The van der Waals surface area contributed by atoms with Gasteiger partial charge in [-0.05, 0) is 18.1 Å². The van der Waals surface area contributed by atoms with Gasteiger partial charge in [0.25, 0.3) is 0 Å². The second kappa shape index (κ2) is 2.39. The van der Waals surface area contributed by atoms with E-state index in [0.717, 1.165) is 5.56 Å². The number of anilines is 1. The van der Waals surface area contributed by atoms with Gasteiger partial charge < -0.3 is 11.1 Å². The molecule has 1 unspecified atom stereocenters. The topological polar surface area (TPSA) is 72.2 Å². The van der Waals surface area contributed by atoms with Crippen LogP contribution in [-0.4, -0.2) is 11.8 Å². The van der Waals surface area contributed by atoms with Crippen molar-refractivity contribution in [2.24, 2.45) is 5.73 Å². The van der Waals surface area contributed by atoms with Gasteiger partial charge in [0.1, 0.15) is 0 Å². The monoisotopic (exact) mass is 201 g/mol. The van der Waals surface area contributed by atoms with Gasteiger partial charge in [0.2, 0.25) is 11.8 Å². The van der Waals surface area contributed by atoms with E-state index in [0.29, 0.717) is 18.0 Å². The van der Waals surface area contributed by atoms with E-state index in [1.165, 1.54) is 0 Å². The summed E-state index contributed by atoms with van der Waals surface area (Å²) in [6, 6.07) is 7.29. The number of nitrogens with two attached hydrogens (primary N) is 1. The Labute approximate surface area is 86.5 Å². The minimum absolute atomic E-state index is 0.174. The maximum Gasteiger partial charge on any atom is 0.233 e. The summed E-state index contributed by atoms with van der Waals surface area (Å²) in [6.07, 6.45) is 0.463. The van der Waals surface area contributed by atoms with Crippen LogP contribution in [0.15, 0.2) is 24.3 Å². The molecule has 1 aliphatic heterocycles. The largest absolute Gasteiger partial charge is 0.369 e. The fourth-order valence-electron chi connectivity index (χ4n) is 2.28. The average Bonchev–Trinajstić information content (AvgIpc) is 2.95. The molecule has 1 aliphatic carbocycles. The first-order chi connectivity index (χ1) is 7.16. The van der Waals surface area contributed by atoms with E-state index in [4.69, 9.17) is 5.73 Å². The molecule has 1 aromatic carbocycles. The molecule has 3 N–H and O–H groups in total. The van der Waals surface area contributed by atoms with E-state index in [9.17, 15) is 9.59 Å². The smallest absolute Gasteiger partial charge is 0.233 e. The lowest BCUT2D eigenvalue weighted by Gasteiger charge is -2.22. The first-order valence-corrected chi connectivity index (χ1v) is 4.73. The highest BCUT2D eigenvalue weighted by Crippen LogP contribution is 2.60. The number of para-hydroxylation sites is 1. The van der Waals surface area contributed by atoms with Gasteiger partial charge in [0.15, 0.2) is 0 Å². The molecule has 0 saturated heterocycles. The molecule has 0 bridgehead atoms. The Hall–Kier alpha value is -1.84. The van der Waals surface area contributed by atoms with Gasteiger partial charge in [-0.15, -0.1) is 0 Å². The predicted octanol–water partition coefficient (Wildman–Crippen LogP) is 0.340. The molecule has 1 radical (unpaired) electrons. The maximum absolute atomic E-state index is 11.6. The van der Waals surface area contributed by atoms with Crippen LogP contribution < -0.4 is 11.1 Å². The SMILES string of the molecule is NC(=O)C12C[C]1C(=O)Nc1ccccc12. The molecule has 0 spiro atoms. The van der Waals surface area contributed by atoms with Crippen molar-refractivity contribution in [3.05, 3.63) is 35.7 Å². The molecule has 0 aromatic heterocycles. The zero-order valence-corrected chi connectivity index (χ0v) is 7.91. The molecule has 15 heavy (non-hydrogen) atoms. The van der Waals surface area contributed by atoms with Gasteiger partial charge in [-0.3, -0.25) is 9.59 Å². The summed E-state index contributed by atoms with van der Waals surface area (Å²) in [4.78, 5) is 23.0. The van der Waals surface area contributed by atoms with Gasteiger partial charge in [-0.2, -0.15) is 0 Å². The minimum Gasteiger partial charge on any atom is -0.369 e. The van der Waals surface area contributed by atoms with Crippen molar-refractivity contribution in [2.75, 3.05) is 5.32 Å². The molecule has 3 rings (SSSR count). The number of benzene rings is 1. The van der Waals surface area contributed by atoms with E-state index in [1.54, 1.807) is 6.07 Å². The number of carbonyl (C=O) groups excluding carboxylic acids is 2.